The Balaban J connectivity index is 1.39. The van der Waals surface area contributed by atoms with Crippen molar-refractivity contribution in [1.82, 2.24) is 9.47 Å². The van der Waals surface area contributed by atoms with E-state index < -0.39 is 0 Å². The zero-order chi connectivity index (χ0) is 24.5. The van der Waals surface area contributed by atoms with Crippen LogP contribution >= 0.6 is 11.8 Å². The summed E-state index contributed by atoms with van der Waals surface area (Å²) in [6, 6.07) is 24.9. The lowest BCUT2D eigenvalue weighted by atomic mass is 10.1. The summed E-state index contributed by atoms with van der Waals surface area (Å²) in [5, 5.41) is 1.82. The van der Waals surface area contributed by atoms with Crippen LogP contribution < -0.4 is 0 Å². The highest BCUT2D eigenvalue weighted by molar-refractivity contribution is 8.18. The second-order valence-electron chi connectivity index (χ2n) is 9.31. The number of nitrogens with zero attached hydrogens (tertiary/aromatic N) is 3. The van der Waals surface area contributed by atoms with Gasteiger partial charge < -0.3 is 4.57 Å². The van der Waals surface area contributed by atoms with Gasteiger partial charge in [-0.15, -0.1) is 0 Å². The van der Waals surface area contributed by atoms with Crippen molar-refractivity contribution in [3.8, 4) is 0 Å². The Morgan fingerprint density at radius 3 is 2.56 bits per heavy atom. The van der Waals surface area contributed by atoms with Crippen molar-refractivity contribution in [2.45, 2.75) is 38.3 Å². The summed E-state index contributed by atoms with van der Waals surface area (Å²) < 4.78 is 15.9. The molecule has 3 aromatic carbocycles. The fraction of sp³-hybridized carbons (Fsp3) is 0.200. The Bertz CT molecular complexity index is 1480. The molecule has 1 aliphatic carbocycles. The largest absolute Gasteiger partial charge is 0.342 e. The quantitative estimate of drug-likeness (QED) is 0.271. The van der Waals surface area contributed by atoms with Gasteiger partial charge in [-0.25, -0.2) is 9.38 Å². The lowest BCUT2D eigenvalue weighted by Gasteiger charge is -2.22. The molecule has 1 aliphatic heterocycles. The second kappa shape index (κ2) is 9.78. The first kappa shape index (κ1) is 22.8. The Hall–Kier alpha value is -3.64. The lowest BCUT2D eigenvalue weighted by Crippen LogP contribution is -2.37. The topological polar surface area (TPSA) is 37.6 Å². The van der Waals surface area contributed by atoms with Crippen LogP contribution in [-0.2, 0) is 11.3 Å². The van der Waals surface area contributed by atoms with Crippen LogP contribution in [-0.4, -0.2) is 26.6 Å². The average Bonchev–Trinajstić information content (AvgIpc) is 3.60. The molecule has 4 nitrogen and oxygen atoms in total. The van der Waals surface area contributed by atoms with Crippen LogP contribution in [0.3, 0.4) is 0 Å². The van der Waals surface area contributed by atoms with E-state index in [9.17, 15) is 9.18 Å². The first-order valence-corrected chi connectivity index (χ1v) is 13.2. The Morgan fingerprint density at radius 2 is 1.75 bits per heavy atom. The molecule has 0 spiro atoms. The SMILES string of the molecule is O=C1/C(=C\c2cn(Cc3cccc(F)c3)c3ccccc23)SC(=Nc2ccccc2)N1C1CCCC1. The highest BCUT2D eigenvalue weighted by atomic mass is 32.2. The molecule has 6 heteroatoms. The van der Waals surface area contributed by atoms with Gasteiger partial charge in [0.05, 0.1) is 10.6 Å². The van der Waals surface area contributed by atoms with E-state index in [0.717, 1.165) is 58.6 Å². The smallest absolute Gasteiger partial charge is 0.267 e. The number of amides is 1. The predicted octanol–water partition coefficient (Wildman–Crippen LogP) is 7.38. The van der Waals surface area contributed by atoms with E-state index in [-0.39, 0.29) is 17.8 Å². The summed E-state index contributed by atoms with van der Waals surface area (Å²) in [4.78, 5) is 21.1. The fourth-order valence-corrected chi connectivity index (χ4v) is 6.21. The number of para-hydroxylation sites is 2. The Labute approximate surface area is 214 Å². The van der Waals surface area contributed by atoms with E-state index in [4.69, 9.17) is 4.99 Å². The van der Waals surface area contributed by atoms with Crippen LogP contribution in [0.4, 0.5) is 10.1 Å². The number of halogens is 1. The average molecular weight is 496 g/mol. The number of rotatable bonds is 5. The lowest BCUT2D eigenvalue weighted by molar-refractivity contribution is -0.123. The van der Waals surface area contributed by atoms with Crippen LogP contribution in [0.1, 0.15) is 36.8 Å². The molecule has 0 atom stereocenters. The molecule has 36 heavy (non-hydrogen) atoms. The second-order valence-corrected chi connectivity index (χ2v) is 10.3. The molecule has 1 aromatic heterocycles. The normalized spacial score (nSPS) is 18.8. The fourth-order valence-electron chi connectivity index (χ4n) is 5.16. The van der Waals surface area contributed by atoms with E-state index in [0.29, 0.717) is 11.4 Å². The number of aromatic nitrogens is 1. The molecule has 2 aliphatic rings. The van der Waals surface area contributed by atoms with Crippen molar-refractivity contribution >= 4 is 45.5 Å². The van der Waals surface area contributed by atoms with Gasteiger partial charge in [-0.3, -0.25) is 9.69 Å². The number of hydrogen-bond acceptors (Lipinski definition) is 3. The maximum atomic E-state index is 13.8. The van der Waals surface area contributed by atoms with Crippen molar-refractivity contribution < 1.29 is 9.18 Å². The van der Waals surface area contributed by atoms with Crippen LogP contribution in [0.25, 0.3) is 17.0 Å². The molecule has 180 valence electrons. The molecule has 1 amide bonds. The minimum Gasteiger partial charge on any atom is -0.342 e. The van der Waals surface area contributed by atoms with Gasteiger partial charge in [-0.05, 0) is 66.6 Å². The number of fused-ring (bicyclic) bond motifs is 1. The molecular formula is C30H26FN3OS. The molecule has 0 N–H and O–H groups in total. The van der Waals surface area contributed by atoms with Gasteiger partial charge in [-0.1, -0.05) is 61.4 Å². The van der Waals surface area contributed by atoms with Gasteiger partial charge in [0.1, 0.15) is 5.82 Å². The Morgan fingerprint density at radius 1 is 0.972 bits per heavy atom. The number of aliphatic imine (C=N–C) groups is 1. The summed E-state index contributed by atoms with van der Waals surface area (Å²) >= 11 is 1.46. The molecular weight excluding hydrogens is 469 g/mol. The third-order valence-electron chi connectivity index (χ3n) is 6.86. The van der Waals surface area contributed by atoms with Gasteiger partial charge in [0, 0.05) is 35.2 Å². The van der Waals surface area contributed by atoms with Crippen LogP contribution in [0, 0.1) is 5.82 Å². The third-order valence-corrected chi connectivity index (χ3v) is 7.84. The molecule has 0 radical (unpaired) electrons. The standard InChI is InChI=1S/C30H26FN3OS/c31-23-10-8-9-21(17-23)19-33-20-22(26-15-6-7-16-27(26)33)18-28-29(35)34(25-13-4-5-14-25)30(36-28)32-24-11-2-1-3-12-24/h1-3,6-12,15-18,20,25H,4-5,13-14,19H2/b28-18+,32-30?. The minimum absolute atomic E-state index is 0.0311. The summed E-state index contributed by atoms with van der Waals surface area (Å²) in [7, 11) is 0. The minimum atomic E-state index is -0.239. The molecule has 2 heterocycles. The zero-order valence-corrected chi connectivity index (χ0v) is 20.6. The summed E-state index contributed by atoms with van der Waals surface area (Å²) in [5.41, 5.74) is 3.77. The van der Waals surface area contributed by atoms with Gasteiger partial charge in [0.15, 0.2) is 5.17 Å². The highest BCUT2D eigenvalue weighted by Crippen LogP contribution is 2.39. The summed E-state index contributed by atoms with van der Waals surface area (Å²) in [6.45, 7) is 0.553. The number of benzene rings is 3. The van der Waals surface area contributed by atoms with Crippen molar-refractivity contribution in [3.05, 3.63) is 107 Å². The predicted molar refractivity (Wildman–Crippen MR) is 146 cm³/mol. The highest BCUT2D eigenvalue weighted by Gasteiger charge is 2.39. The van der Waals surface area contributed by atoms with Crippen LogP contribution in [0.5, 0.6) is 0 Å². The van der Waals surface area contributed by atoms with E-state index in [1.54, 1.807) is 12.1 Å². The Kier molecular flexibility index (Phi) is 6.20. The first-order chi connectivity index (χ1) is 17.7. The zero-order valence-electron chi connectivity index (χ0n) is 19.8. The number of amidine groups is 1. The molecule has 0 unspecified atom stereocenters. The molecule has 6 rings (SSSR count). The van der Waals surface area contributed by atoms with Gasteiger partial charge in [-0.2, -0.15) is 0 Å². The van der Waals surface area contributed by atoms with Crippen molar-refractivity contribution in [2.75, 3.05) is 0 Å². The van der Waals surface area contributed by atoms with Crippen LogP contribution in [0.2, 0.25) is 0 Å². The number of thioether (sulfide) groups is 1. The molecule has 2 fully saturated rings. The van der Waals surface area contributed by atoms with E-state index >= 15 is 0 Å². The molecule has 4 aromatic rings. The van der Waals surface area contributed by atoms with Gasteiger partial charge in [0.2, 0.25) is 0 Å². The van der Waals surface area contributed by atoms with E-state index in [1.807, 2.05) is 59.5 Å². The number of carbonyl (C=O) groups excluding carboxylic acids is 1. The summed E-state index contributed by atoms with van der Waals surface area (Å²) in [5.74, 6) is -0.208. The third kappa shape index (κ3) is 4.49. The summed E-state index contributed by atoms with van der Waals surface area (Å²) in [6.07, 6.45) is 8.37. The van der Waals surface area contributed by atoms with E-state index in [1.165, 1.54) is 17.8 Å². The molecule has 0 bridgehead atoms. The van der Waals surface area contributed by atoms with Gasteiger partial charge >= 0.3 is 0 Å². The van der Waals surface area contributed by atoms with E-state index in [2.05, 4.69) is 22.9 Å². The maximum absolute atomic E-state index is 13.8. The monoisotopic (exact) mass is 495 g/mol. The van der Waals surface area contributed by atoms with Crippen LogP contribution in [0.15, 0.2) is 95.0 Å². The molecule has 1 saturated carbocycles. The van der Waals surface area contributed by atoms with Crippen molar-refractivity contribution in [1.29, 1.82) is 0 Å². The number of hydrogen-bond donors (Lipinski definition) is 0. The first-order valence-electron chi connectivity index (χ1n) is 12.3. The van der Waals surface area contributed by atoms with Crippen molar-refractivity contribution in [3.63, 3.8) is 0 Å². The van der Waals surface area contributed by atoms with Crippen molar-refractivity contribution in [2.24, 2.45) is 4.99 Å². The van der Waals surface area contributed by atoms with Gasteiger partial charge in [0.25, 0.3) is 5.91 Å². The number of carbonyl (C=O) groups is 1. The maximum Gasteiger partial charge on any atom is 0.267 e. The molecule has 1 saturated heterocycles.